The fourth-order valence-electron chi connectivity index (χ4n) is 2.32. The van der Waals surface area contributed by atoms with E-state index in [1.165, 1.54) is 6.08 Å². The van der Waals surface area contributed by atoms with Gasteiger partial charge in [0.25, 0.3) is 0 Å². The van der Waals surface area contributed by atoms with E-state index in [0.717, 1.165) is 5.56 Å². The van der Waals surface area contributed by atoms with Crippen LogP contribution in [0.5, 0.6) is 0 Å². The highest BCUT2D eigenvalue weighted by atomic mass is 16.3. The van der Waals surface area contributed by atoms with E-state index >= 15 is 0 Å². The molecule has 3 atom stereocenters. The van der Waals surface area contributed by atoms with Crippen molar-refractivity contribution in [2.75, 3.05) is 0 Å². The number of hydrogen-bond acceptors (Lipinski definition) is 2. The molecule has 2 nitrogen and oxygen atoms in total. The Balaban J connectivity index is 2.28. The van der Waals surface area contributed by atoms with Crippen molar-refractivity contribution in [2.24, 2.45) is 5.92 Å². The minimum absolute atomic E-state index is 0.0247. The highest BCUT2D eigenvalue weighted by Crippen LogP contribution is 2.32. The molecule has 0 bridgehead atoms. The fraction of sp³-hybridized carbons (Fsp3) is 0.267. The Labute approximate surface area is 101 Å². The lowest BCUT2D eigenvalue weighted by atomic mass is 9.77. The molecule has 0 spiro atoms. The lowest BCUT2D eigenvalue weighted by Crippen LogP contribution is -2.28. The zero-order chi connectivity index (χ0) is 12.3. The van der Waals surface area contributed by atoms with Gasteiger partial charge in [-0.25, -0.2) is 0 Å². The number of carbonyl (C=O) groups excluding carboxylic acids is 1. The van der Waals surface area contributed by atoms with Gasteiger partial charge in [-0.15, -0.1) is 6.58 Å². The van der Waals surface area contributed by atoms with Crippen molar-refractivity contribution in [1.29, 1.82) is 0 Å². The van der Waals surface area contributed by atoms with Crippen molar-refractivity contribution in [3.63, 3.8) is 0 Å². The van der Waals surface area contributed by atoms with Gasteiger partial charge in [0.05, 0.1) is 6.10 Å². The number of carbonyl (C=O) groups is 1. The average molecular weight is 228 g/mol. The van der Waals surface area contributed by atoms with Crippen LogP contribution in [0.15, 0.2) is 55.1 Å². The first-order chi connectivity index (χ1) is 8.22. The highest BCUT2D eigenvalue weighted by molar-refractivity contribution is 5.93. The average Bonchev–Trinajstić information content (AvgIpc) is 2.36. The molecule has 1 aromatic rings. The number of aliphatic hydroxyl groups excluding tert-OH is 1. The molecule has 0 aromatic heterocycles. The van der Waals surface area contributed by atoms with Crippen molar-refractivity contribution in [3.8, 4) is 0 Å². The predicted octanol–water partition coefficient (Wildman–Crippen LogP) is 2.46. The zero-order valence-electron chi connectivity index (χ0n) is 9.62. The van der Waals surface area contributed by atoms with E-state index in [9.17, 15) is 9.90 Å². The number of hydrogen-bond donors (Lipinski definition) is 1. The van der Waals surface area contributed by atoms with Gasteiger partial charge in [-0.3, -0.25) is 4.79 Å². The van der Waals surface area contributed by atoms with Crippen LogP contribution < -0.4 is 0 Å². The van der Waals surface area contributed by atoms with E-state index in [1.807, 2.05) is 30.3 Å². The van der Waals surface area contributed by atoms with E-state index in [-0.39, 0.29) is 17.6 Å². The molecule has 0 saturated heterocycles. The van der Waals surface area contributed by atoms with Crippen LogP contribution in [0.3, 0.4) is 0 Å². The SMILES string of the molecule is C=C[C@@H](c1ccccc1)[C@@H]1C[C@@H](O)C=CC1=O. The van der Waals surface area contributed by atoms with Gasteiger partial charge in [-0.2, -0.15) is 0 Å². The highest BCUT2D eigenvalue weighted by Gasteiger charge is 2.30. The smallest absolute Gasteiger partial charge is 0.159 e. The Morgan fingerprint density at radius 2 is 2.06 bits per heavy atom. The normalized spacial score (nSPS) is 25.6. The first-order valence-electron chi connectivity index (χ1n) is 5.80. The van der Waals surface area contributed by atoms with Crippen molar-refractivity contribution in [1.82, 2.24) is 0 Å². The third-order valence-electron chi connectivity index (χ3n) is 3.22. The summed E-state index contributed by atoms with van der Waals surface area (Å²) in [7, 11) is 0. The number of aliphatic hydroxyl groups is 1. The van der Waals surface area contributed by atoms with Gasteiger partial charge in [0.2, 0.25) is 0 Å². The topological polar surface area (TPSA) is 37.3 Å². The Bertz CT molecular complexity index is 433. The summed E-state index contributed by atoms with van der Waals surface area (Å²) in [6.07, 6.45) is 4.79. The van der Waals surface area contributed by atoms with E-state index in [1.54, 1.807) is 12.2 Å². The maximum absolute atomic E-state index is 11.9. The maximum atomic E-state index is 11.9. The first-order valence-corrected chi connectivity index (χ1v) is 5.80. The molecular weight excluding hydrogens is 212 g/mol. The largest absolute Gasteiger partial charge is 0.389 e. The summed E-state index contributed by atoms with van der Waals surface area (Å²) in [5, 5.41) is 9.62. The summed E-state index contributed by atoms with van der Waals surface area (Å²) in [6, 6.07) is 9.83. The summed E-state index contributed by atoms with van der Waals surface area (Å²) < 4.78 is 0. The molecular formula is C15H16O2. The van der Waals surface area contributed by atoms with Crippen LogP contribution in [0.4, 0.5) is 0 Å². The third kappa shape index (κ3) is 2.53. The summed E-state index contributed by atoms with van der Waals surface area (Å²) in [4.78, 5) is 11.9. The Morgan fingerprint density at radius 1 is 1.35 bits per heavy atom. The second-order valence-electron chi connectivity index (χ2n) is 4.34. The Morgan fingerprint density at radius 3 is 2.71 bits per heavy atom. The Hall–Kier alpha value is -1.67. The van der Waals surface area contributed by atoms with Crippen LogP contribution in [0, 0.1) is 5.92 Å². The van der Waals surface area contributed by atoms with Crippen LogP contribution in [-0.2, 0) is 4.79 Å². The van der Waals surface area contributed by atoms with Crippen LogP contribution in [-0.4, -0.2) is 17.0 Å². The molecule has 1 aliphatic carbocycles. The molecule has 1 aromatic carbocycles. The second kappa shape index (κ2) is 5.11. The Kier molecular flexibility index (Phi) is 3.55. The van der Waals surface area contributed by atoms with Gasteiger partial charge in [-0.05, 0) is 18.1 Å². The van der Waals surface area contributed by atoms with Crippen LogP contribution in [0.1, 0.15) is 17.9 Å². The number of ketones is 1. The van der Waals surface area contributed by atoms with Crippen molar-refractivity contribution in [3.05, 3.63) is 60.7 Å². The molecule has 0 saturated carbocycles. The summed E-state index contributed by atoms with van der Waals surface area (Å²) in [6.45, 7) is 3.81. The standard InChI is InChI=1S/C15H16O2/c1-2-13(11-6-4-3-5-7-11)14-10-12(16)8-9-15(14)17/h2-9,12-14,16H,1,10H2/t12-,13-,14-/m0/s1. The first kappa shape index (κ1) is 11.8. The van der Waals surface area contributed by atoms with Crippen molar-refractivity contribution >= 4 is 5.78 Å². The molecule has 88 valence electrons. The predicted molar refractivity (Wildman–Crippen MR) is 67.6 cm³/mol. The summed E-state index contributed by atoms with van der Waals surface area (Å²) in [5.74, 6) is -0.151. The van der Waals surface area contributed by atoms with E-state index in [0.29, 0.717) is 6.42 Å². The molecule has 17 heavy (non-hydrogen) atoms. The number of benzene rings is 1. The summed E-state index contributed by atoms with van der Waals surface area (Å²) in [5.41, 5.74) is 1.07. The summed E-state index contributed by atoms with van der Waals surface area (Å²) >= 11 is 0. The molecule has 0 amide bonds. The lowest BCUT2D eigenvalue weighted by molar-refractivity contribution is -0.120. The van der Waals surface area contributed by atoms with Crippen LogP contribution in [0.2, 0.25) is 0 Å². The molecule has 2 heteroatoms. The number of rotatable bonds is 3. The van der Waals surface area contributed by atoms with Gasteiger partial charge in [0.1, 0.15) is 0 Å². The van der Waals surface area contributed by atoms with Crippen molar-refractivity contribution in [2.45, 2.75) is 18.4 Å². The minimum Gasteiger partial charge on any atom is -0.389 e. The third-order valence-corrected chi connectivity index (χ3v) is 3.22. The van der Waals surface area contributed by atoms with E-state index < -0.39 is 6.10 Å². The van der Waals surface area contributed by atoms with Crippen molar-refractivity contribution < 1.29 is 9.90 Å². The molecule has 1 N–H and O–H groups in total. The molecule has 0 heterocycles. The zero-order valence-corrected chi connectivity index (χ0v) is 9.62. The maximum Gasteiger partial charge on any atom is 0.159 e. The quantitative estimate of drug-likeness (QED) is 0.807. The molecule has 0 aliphatic heterocycles. The van der Waals surface area contributed by atoms with E-state index in [2.05, 4.69) is 6.58 Å². The van der Waals surface area contributed by atoms with E-state index in [4.69, 9.17) is 0 Å². The molecule has 1 aliphatic rings. The van der Waals surface area contributed by atoms with Gasteiger partial charge in [0.15, 0.2) is 5.78 Å². The van der Waals surface area contributed by atoms with Crippen LogP contribution in [0.25, 0.3) is 0 Å². The van der Waals surface area contributed by atoms with Gasteiger partial charge in [0, 0.05) is 11.8 Å². The fourth-order valence-corrected chi connectivity index (χ4v) is 2.32. The van der Waals surface area contributed by atoms with Gasteiger partial charge < -0.3 is 5.11 Å². The molecule has 0 fully saturated rings. The second-order valence-corrected chi connectivity index (χ2v) is 4.34. The van der Waals surface area contributed by atoms with Gasteiger partial charge in [-0.1, -0.05) is 42.5 Å². The number of allylic oxidation sites excluding steroid dienone is 2. The van der Waals surface area contributed by atoms with Gasteiger partial charge >= 0.3 is 0 Å². The molecule has 0 radical (unpaired) electrons. The van der Waals surface area contributed by atoms with Crippen LogP contribution >= 0.6 is 0 Å². The monoisotopic (exact) mass is 228 g/mol. The molecule has 0 unspecified atom stereocenters. The molecule has 2 rings (SSSR count). The lowest BCUT2D eigenvalue weighted by Gasteiger charge is -2.26. The minimum atomic E-state index is -0.524.